The number of fused-ring (bicyclic) bond motifs is 2. The van der Waals surface area contributed by atoms with Crippen molar-refractivity contribution in [1.29, 1.82) is 0 Å². The van der Waals surface area contributed by atoms with Gasteiger partial charge in [0.2, 0.25) is 12.5 Å². The summed E-state index contributed by atoms with van der Waals surface area (Å²) in [5.41, 5.74) is 5.78. The molecule has 3 aromatic rings. The van der Waals surface area contributed by atoms with E-state index in [1.165, 1.54) is 0 Å². The second-order valence-electron chi connectivity index (χ2n) is 9.22. The van der Waals surface area contributed by atoms with Crippen LogP contribution in [-0.2, 0) is 11.4 Å². The number of carboxylic acids is 1. The lowest BCUT2D eigenvalue weighted by Gasteiger charge is -2.16. The minimum atomic E-state index is -0.913. The van der Waals surface area contributed by atoms with E-state index in [9.17, 15) is 9.90 Å². The first-order valence-corrected chi connectivity index (χ1v) is 12.5. The quantitative estimate of drug-likeness (QED) is 0.336. The van der Waals surface area contributed by atoms with Gasteiger partial charge in [-0.05, 0) is 88.4 Å². The van der Waals surface area contributed by atoms with Gasteiger partial charge in [0, 0.05) is 0 Å². The Morgan fingerprint density at radius 3 is 2.10 bits per heavy atom. The summed E-state index contributed by atoms with van der Waals surface area (Å²) in [4.78, 5) is 11.7. The van der Waals surface area contributed by atoms with Crippen LogP contribution in [0.4, 0.5) is 0 Å². The molecule has 1 aliphatic carbocycles. The summed E-state index contributed by atoms with van der Waals surface area (Å²) in [6, 6.07) is 13.0. The zero-order chi connectivity index (χ0) is 28.4. The van der Waals surface area contributed by atoms with Crippen molar-refractivity contribution in [2.75, 3.05) is 35.2 Å². The van der Waals surface area contributed by atoms with Gasteiger partial charge in [0.15, 0.2) is 34.5 Å². The number of hydrogen-bond acceptors (Lipinski definition) is 8. The molecule has 3 aromatic carbocycles. The van der Waals surface area contributed by atoms with Crippen LogP contribution in [0.25, 0.3) is 17.2 Å². The van der Waals surface area contributed by atoms with Crippen molar-refractivity contribution < 1.29 is 43.1 Å². The molecule has 0 amide bonds. The third kappa shape index (κ3) is 4.98. The molecule has 208 valence electrons. The zero-order valence-electron chi connectivity index (χ0n) is 23.0. The molecule has 1 N–H and O–H groups in total. The maximum absolute atomic E-state index is 11.7. The normalized spacial score (nSPS) is 14.3. The van der Waals surface area contributed by atoms with Crippen LogP contribution in [0.15, 0.2) is 48.0 Å². The molecular weight excluding hydrogens is 516 g/mol. The second kappa shape index (κ2) is 11.1. The first-order valence-electron chi connectivity index (χ1n) is 12.5. The number of rotatable bonds is 10. The van der Waals surface area contributed by atoms with E-state index in [2.05, 4.69) is 0 Å². The predicted octanol–water partition coefficient (Wildman–Crippen LogP) is 5.83. The summed E-state index contributed by atoms with van der Waals surface area (Å²) in [7, 11) is 6.26. The van der Waals surface area contributed by atoms with E-state index in [4.69, 9.17) is 33.2 Å². The molecule has 0 atom stereocenters. The molecule has 0 bridgehead atoms. The predicted molar refractivity (Wildman–Crippen MR) is 149 cm³/mol. The third-order valence-corrected chi connectivity index (χ3v) is 6.94. The van der Waals surface area contributed by atoms with Crippen LogP contribution in [0.5, 0.6) is 40.2 Å². The Morgan fingerprint density at radius 2 is 1.48 bits per heavy atom. The average Bonchev–Trinajstić information content (AvgIpc) is 3.53. The maximum Gasteiger partial charge on any atom is 0.307 e. The number of benzene rings is 3. The molecule has 40 heavy (non-hydrogen) atoms. The van der Waals surface area contributed by atoms with Crippen LogP contribution in [-0.4, -0.2) is 46.3 Å². The molecule has 1 heterocycles. The van der Waals surface area contributed by atoms with Crippen LogP contribution in [0.3, 0.4) is 0 Å². The summed E-state index contributed by atoms with van der Waals surface area (Å²) in [5.74, 6) is 3.00. The lowest BCUT2D eigenvalue weighted by Crippen LogP contribution is -2.01. The van der Waals surface area contributed by atoms with Crippen LogP contribution in [0.2, 0.25) is 0 Å². The van der Waals surface area contributed by atoms with Crippen molar-refractivity contribution >= 4 is 23.2 Å². The summed E-state index contributed by atoms with van der Waals surface area (Å²) < 4.78 is 39.4. The van der Waals surface area contributed by atoms with Gasteiger partial charge in [0.25, 0.3) is 0 Å². The van der Waals surface area contributed by atoms with Gasteiger partial charge in [-0.15, -0.1) is 0 Å². The molecule has 9 nitrogen and oxygen atoms in total. The van der Waals surface area contributed by atoms with Gasteiger partial charge < -0.3 is 38.3 Å². The minimum Gasteiger partial charge on any atom is -0.493 e. The van der Waals surface area contributed by atoms with Gasteiger partial charge in [-0.2, -0.15) is 0 Å². The van der Waals surface area contributed by atoms with Gasteiger partial charge >= 0.3 is 5.97 Å². The smallest absolute Gasteiger partial charge is 0.307 e. The van der Waals surface area contributed by atoms with Crippen LogP contribution >= 0.6 is 0 Å². The van der Waals surface area contributed by atoms with Crippen molar-refractivity contribution in [3.63, 3.8) is 0 Å². The molecule has 0 aromatic heterocycles. The Kier molecular flexibility index (Phi) is 7.46. The molecule has 0 fully saturated rings. The fourth-order valence-electron chi connectivity index (χ4n) is 4.96. The number of allylic oxidation sites excluding steroid dienone is 2. The standard InChI is InChI=1S/C31H30O9/c1-17-20(22-12-25(34-2)26(35-3)13-23(22)21(17)14-30(32)33)8-19-10-28(36-4)31(29(11-19)37-5)38-15-18-6-7-24-27(9-18)40-16-39-24/h6-13H,14-16H2,1-5H3,(H,32,33). The summed E-state index contributed by atoms with van der Waals surface area (Å²) >= 11 is 0. The van der Waals surface area contributed by atoms with E-state index < -0.39 is 5.97 Å². The third-order valence-electron chi connectivity index (χ3n) is 6.94. The number of hydrogen-bond donors (Lipinski definition) is 1. The summed E-state index contributed by atoms with van der Waals surface area (Å²) in [6.07, 6.45) is 1.85. The van der Waals surface area contributed by atoms with Crippen molar-refractivity contribution in [3.05, 3.63) is 70.3 Å². The Labute approximate surface area is 232 Å². The molecule has 1 aliphatic heterocycles. The number of carbonyl (C=O) groups is 1. The van der Waals surface area contributed by atoms with Crippen molar-refractivity contribution in [2.45, 2.75) is 20.0 Å². The maximum atomic E-state index is 11.7. The van der Waals surface area contributed by atoms with Gasteiger partial charge in [0.05, 0.1) is 34.9 Å². The number of ether oxygens (including phenoxy) is 7. The van der Waals surface area contributed by atoms with E-state index in [0.717, 1.165) is 39.0 Å². The van der Waals surface area contributed by atoms with E-state index in [0.29, 0.717) is 40.2 Å². The fourth-order valence-corrected chi connectivity index (χ4v) is 4.96. The molecule has 0 saturated heterocycles. The Balaban J connectivity index is 1.53. The fraction of sp³-hybridized carbons (Fsp3) is 0.258. The molecule has 0 radical (unpaired) electrons. The van der Waals surface area contributed by atoms with Gasteiger partial charge in [0.1, 0.15) is 6.61 Å². The van der Waals surface area contributed by atoms with Gasteiger partial charge in [-0.3, -0.25) is 4.79 Å². The van der Waals surface area contributed by atoms with Crippen LogP contribution in [0.1, 0.15) is 35.6 Å². The van der Waals surface area contributed by atoms with E-state index in [1.54, 1.807) is 28.4 Å². The van der Waals surface area contributed by atoms with E-state index in [-0.39, 0.29) is 19.8 Å². The molecule has 9 heteroatoms. The highest BCUT2D eigenvalue weighted by molar-refractivity contribution is 6.08. The average molecular weight is 547 g/mol. The van der Waals surface area contributed by atoms with Crippen molar-refractivity contribution in [2.24, 2.45) is 0 Å². The summed E-state index contributed by atoms with van der Waals surface area (Å²) in [6.45, 7) is 2.38. The first-order chi connectivity index (χ1) is 19.4. The monoisotopic (exact) mass is 546 g/mol. The SMILES string of the molecule is COc1cc2c(cc1OC)C(CC(=O)O)=C(C)C2=Cc1cc(OC)c(OCc2ccc3c(c2)OCO3)c(OC)c1. The van der Waals surface area contributed by atoms with Gasteiger partial charge in [-0.1, -0.05) is 6.07 Å². The Morgan fingerprint density at radius 1 is 0.850 bits per heavy atom. The molecular formula is C31H30O9. The first kappa shape index (κ1) is 26.8. The topological polar surface area (TPSA) is 102 Å². The molecule has 5 rings (SSSR count). The van der Waals surface area contributed by atoms with Crippen LogP contribution in [0, 0.1) is 0 Å². The Bertz CT molecular complexity index is 1510. The molecule has 0 unspecified atom stereocenters. The largest absolute Gasteiger partial charge is 0.493 e. The van der Waals surface area contributed by atoms with Crippen molar-refractivity contribution in [1.82, 2.24) is 0 Å². The van der Waals surface area contributed by atoms with Crippen LogP contribution < -0.4 is 33.2 Å². The van der Waals surface area contributed by atoms with Crippen molar-refractivity contribution in [3.8, 4) is 40.2 Å². The lowest BCUT2D eigenvalue weighted by atomic mass is 9.99. The lowest BCUT2D eigenvalue weighted by molar-refractivity contribution is -0.135. The number of carboxylic acid groups (broad SMARTS) is 1. The van der Waals surface area contributed by atoms with E-state index in [1.807, 2.05) is 55.5 Å². The highest BCUT2D eigenvalue weighted by atomic mass is 16.7. The number of aliphatic carboxylic acids is 1. The minimum absolute atomic E-state index is 0.120. The highest BCUT2D eigenvalue weighted by Crippen LogP contribution is 2.48. The molecule has 2 aliphatic rings. The second-order valence-corrected chi connectivity index (χ2v) is 9.22. The molecule has 0 spiro atoms. The summed E-state index contributed by atoms with van der Waals surface area (Å²) in [5, 5.41) is 9.60. The Hall–Kier alpha value is -4.79. The molecule has 0 saturated carbocycles. The number of methoxy groups -OCH3 is 4. The highest BCUT2D eigenvalue weighted by Gasteiger charge is 2.28. The van der Waals surface area contributed by atoms with E-state index >= 15 is 0 Å². The zero-order valence-corrected chi connectivity index (χ0v) is 23.0. The van der Waals surface area contributed by atoms with Gasteiger partial charge in [-0.25, -0.2) is 0 Å².